The summed E-state index contributed by atoms with van der Waals surface area (Å²) in [4.78, 5) is 13.9. The molecular formula is C15H18N2O3. The number of nitrogens with zero attached hydrogens (tertiary/aromatic N) is 2. The molecule has 0 bridgehead atoms. The van der Waals surface area contributed by atoms with Crippen molar-refractivity contribution in [3.8, 4) is 6.07 Å². The van der Waals surface area contributed by atoms with Gasteiger partial charge in [-0.3, -0.25) is 9.69 Å². The highest BCUT2D eigenvalue weighted by Crippen LogP contribution is 2.24. The first kappa shape index (κ1) is 14.5. The van der Waals surface area contributed by atoms with Crippen molar-refractivity contribution in [1.82, 2.24) is 4.90 Å². The lowest BCUT2D eigenvalue weighted by molar-refractivity contribution is -0.146. The fraction of sp³-hybridized carbons (Fsp3) is 0.467. The van der Waals surface area contributed by atoms with E-state index in [1.807, 2.05) is 23.1 Å². The molecule has 2 rings (SSSR count). The van der Waals surface area contributed by atoms with E-state index in [0.717, 1.165) is 5.56 Å². The summed E-state index contributed by atoms with van der Waals surface area (Å²) in [6, 6.07) is 9.30. The summed E-state index contributed by atoms with van der Waals surface area (Å²) in [5.41, 5.74) is 1.55. The standard InChI is InChI=1S/C15H18N2O3/c1-19-13-7-14(15(18)20-2)17(10-13)9-12-6-4-3-5-11(12)8-16/h3-6,13-14H,7,9-10H2,1-2H3/t13-,14-/m0/s1. The number of carbonyl (C=O) groups excluding carboxylic acids is 1. The summed E-state index contributed by atoms with van der Waals surface area (Å²) in [5, 5.41) is 9.13. The van der Waals surface area contributed by atoms with Crippen LogP contribution in [-0.4, -0.2) is 43.8 Å². The van der Waals surface area contributed by atoms with E-state index in [0.29, 0.717) is 25.1 Å². The zero-order chi connectivity index (χ0) is 14.5. The van der Waals surface area contributed by atoms with E-state index in [1.54, 1.807) is 13.2 Å². The van der Waals surface area contributed by atoms with Gasteiger partial charge in [-0.1, -0.05) is 18.2 Å². The fourth-order valence-electron chi connectivity index (χ4n) is 2.57. The van der Waals surface area contributed by atoms with Crippen molar-refractivity contribution >= 4 is 5.97 Å². The van der Waals surface area contributed by atoms with Gasteiger partial charge in [0.05, 0.1) is 24.8 Å². The van der Waals surface area contributed by atoms with E-state index >= 15 is 0 Å². The minimum absolute atomic E-state index is 0.0216. The minimum atomic E-state index is -0.309. The largest absolute Gasteiger partial charge is 0.468 e. The fourth-order valence-corrected chi connectivity index (χ4v) is 2.57. The molecule has 1 aliphatic heterocycles. The molecule has 20 heavy (non-hydrogen) atoms. The molecule has 1 heterocycles. The normalized spacial score (nSPS) is 22.4. The number of esters is 1. The number of methoxy groups -OCH3 is 2. The smallest absolute Gasteiger partial charge is 0.323 e. The molecule has 1 aromatic carbocycles. The Hall–Kier alpha value is -1.90. The summed E-state index contributed by atoms with van der Waals surface area (Å²) >= 11 is 0. The van der Waals surface area contributed by atoms with Crippen molar-refractivity contribution in [2.45, 2.75) is 25.1 Å². The molecule has 1 aliphatic rings. The van der Waals surface area contributed by atoms with Crippen LogP contribution in [0.3, 0.4) is 0 Å². The van der Waals surface area contributed by atoms with Crippen molar-refractivity contribution in [2.24, 2.45) is 0 Å². The summed E-state index contributed by atoms with van der Waals surface area (Å²) in [5.74, 6) is -0.251. The van der Waals surface area contributed by atoms with Crippen LogP contribution in [0.4, 0.5) is 0 Å². The van der Waals surface area contributed by atoms with Crippen LogP contribution in [0.5, 0.6) is 0 Å². The molecule has 5 heteroatoms. The van der Waals surface area contributed by atoms with Gasteiger partial charge in [0, 0.05) is 26.6 Å². The Balaban J connectivity index is 2.17. The number of hydrogen-bond donors (Lipinski definition) is 0. The topological polar surface area (TPSA) is 62.6 Å². The van der Waals surface area contributed by atoms with Gasteiger partial charge in [0.2, 0.25) is 0 Å². The number of rotatable bonds is 4. The van der Waals surface area contributed by atoms with E-state index in [4.69, 9.17) is 14.7 Å². The predicted octanol–water partition coefficient (Wildman–Crippen LogP) is 1.32. The average Bonchev–Trinajstić information content (AvgIpc) is 2.90. The molecule has 106 valence electrons. The van der Waals surface area contributed by atoms with Crippen molar-refractivity contribution in [1.29, 1.82) is 5.26 Å². The van der Waals surface area contributed by atoms with Crippen LogP contribution in [0.15, 0.2) is 24.3 Å². The Kier molecular flexibility index (Phi) is 4.72. The van der Waals surface area contributed by atoms with Crippen LogP contribution in [0.1, 0.15) is 17.5 Å². The van der Waals surface area contributed by atoms with Gasteiger partial charge in [0.25, 0.3) is 0 Å². The molecule has 1 aromatic rings. The number of ether oxygens (including phenoxy) is 2. The Morgan fingerprint density at radius 2 is 2.20 bits per heavy atom. The molecule has 5 nitrogen and oxygen atoms in total. The van der Waals surface area contributed by atoms with Gasteiger partial charge in [0.1, 0.15) is 6.04 Å². The maximum absolute atomic E-state index is 11.8. The highest BCUT2D eigenvalue weighted by atomic mass is 16.5. The Labute approximate surface area is 118 Å². The molecule has 1 saturated heterocycles. The van der Waals surface area contributed by atoms with Crippen LogP contribution in [-0.2, 0) is 20.8 Å². The molecule has 0 unspecified atom stereocenters. The van der Waals surface area contributed by atoms with Gasteiger partial charge in [-0.05, 0) is 11.6 Å². The second-order valence-electron chi connectivity index (χ2n) is 4.83. The Bertz CT molecular complexity index is 524. The third kappa shape index (κ3) is 2.98. The van der Waals surface area contributed by atoms with Crippen LogP contribution < -0.4 is 0 Å². The number of nitriles is 1. The van der Waals surface area contributed by atoms with E-state index < -0.39 is 0 Å². The van der Waals surface area contributed by atoms with E-state index in [-0.39, 0.29) is 18.1 Å². The maximum atomic E-state index is 11.8. The second-order valence-corrected chi connectivity index (χ2v) is 4.83. The molecule has 2 atom stereocenters. The van der Waals surface area contributed by atoms with E-state index in [2.05, 4.69) is 6.07 Å². The molecule has 0 amide bonds. The zero-order valence-corrected chi connectivity index (χ0v) is 11.7. The average molecular weight is 274 g/mol. The van der Waals surface area contributed by atoms with Gasteiger partial charge in [0.15, 0.2) is 0 Å². The molecule has 1 fully saturated rings. The van der Waals surface area contributed by atoms with E-state index in [1.165, 1.54) is 7.11 Å². The van der Waals surface area contributed by atoms with Gasteiger partial charge >= 0.3 is 5.97 Å². The monoisotopic (exact) mass is 274 g/mol. The summed E-state index contributed by atoms with van der Waals surface area (Å²) in [7, 11) is 3.04. The van der Waals surface area contributed by atoms with Gasteiger partial charge < -0.3 is 9.47 Å². The predicted molar refractivity (Wildman–Crippen MR) is 72.8 cm³/mol. The first-order valence-electron chi connectivity index (χ1n) is 6.52. The summed E-state index contributed by atoms with van der Waals surface area (Å²) in [6.07, 6.45) is 0.645. The first-order valence-corrected chi connectivity index (χ1v) is 6.52. The Morgan fingerprint density at radius 1 is 1.45 bits per heavy atom. The molecule has 0 saturated carbocycles. The molecule has 0 radical (unpaired) electrons. The van der Waals surface area contributed by atoms with Crippen molar-refractivity contribution in [3.05, 3.63) is 35.4 Å². The van der Waals surface area contributed by atoms with E-state index in [9.17, 15) is 4.79 Å². The molecule has 0 spiro atoms. The minimum Gasteiger partial charge on any atom is -0.468 e. The van der Waals surface area contributed by atoms with Gasteiger partial charge in [-0.2, -0.15) is 5.26 Å². The zero-order valence-electron chi connectivity index (χ0n) is 11.7. The van der Waals surface area contributed by atoms with Crippen molar-refractivity contribution in [3.63, 3.8) is 0 Å². The molecule has 0 N–H and O–H groups in total. The molecular weight excluding hydrogens is 256 g/mol. The lowest BCUT2D eigenvalue weighted by Crippen LogP contribution is -2.36. The van der Waals surface area contributed by atoms with Crippen LogP contribution in [0.2, 0.25) is 0 Å². The highest BCUT2D eigenvalue weighted by molar-refractivity contribution is 5.76. The third-order valence-corrected chi connectivity index (χ3v) is 3.68. The second kappa shape index (κ2) is 6.51. The maximum Gasteiger partial charge on any atom is 0.323 e. The lowest BCUT2D eigenvalue weighted by atomic mass is 10.1. The first-order chi connectivity index (χ1) is 9.69. The molecule has 0 aliphatic carbocycles. The SMILES string of the molecule is COC(=O)[C@@H]1C[C@H](OC)CN1Cc1ccccc1C#N. The van der Waals surface area contributed by atoms with Crippen molar-refractivity contribution in [2.75, 3.05) is 20.8 Å². The lowest BCUT2D eigenvalue weighted by Gasteiger charge is -2.22. The highest BCUT2D eigenvalue weighted by Gasteiger charge is 2.37. The van der Waals surface area contributed by atoms with Crippen LogP contribution in [0.25, 0.3) is 0 Å². The number of carbonyl (C=O) groups is 1. The summed E-state index contributed by atoms with van der Waals surface area (Å²) in [6.45, 7) is 1.21. The van der Waals surface area contributed by atoms with Gasteiger partial charge in [-0.15, -0.1) is 0 Å². The Morgan fingerprint density at radius 3 is 2.85 bits per heavy atom. The molecule has 0 aromatic heterocycles. The summed E-state index contributed by atoms with van der Waals surface area (Å²) < 4.78 is 10.2. The van der Waals surface area contributed by atoms with Crippen LogP contribution >= 0.6 is 0 Å². The number of hydrogen-bond acceptors (Lipinski definition) is 5. The van der Waals surface area contributed by atoms with Gasteiger partial charge in [-0.25, -0.2) is 0 Å². The number of benzene rings is 1. The quantitative estimate of drug-likeness (QED) is 0.775. The van der Waals surface area contributed by atoms with Crippen LogP contribution in [0, 0.1) is 11.3 Å². The number of likely N-dealkylation sites (tertiary alicyclic amines) is 1. The third-order valence-electron chi connectivity index (χ3n) is 3.68. The van der Waals surface area contributed by atoms with Crippen molar-refractivity contribution < 1.29 is 14.3 Å².